The largest absolute Gasteiger partial charge is 0.444 e. The van der Waals surface area contributed by atoms with Crippen LogP contribution >= 0.6 is 11.6 Å². The van der Waals surface area contributed by atoms with E-state index in [1.807, 2.05) is 0 Å². The van der Waals surface area contributed by atoms with Crippen molar-refractivity contribution >= 4 is 29.3 Å². The van der Waals surface area contributed by atoms with Gasteiger partial charge in [0.05, 0.1) is 18.3 Å². The fourth-order valence-electron chi connectivity index (χ4n) is 3.22. The fourth-order valence-corrected chi connectivity index (χ4v) is 3.36. The van der Waals surface area contributed by atoms with Crippen LogP contribution in [0.2, 0.25) is 5.28 Å². The summed E-state index contributed by atoms with van der Waals surface area (Å²) in [5.74, 6) is 7.22. The number of nitrogens with zero attached hydrogens (tertiary/aromatic N) is 3. The summed E-state index contributed by atoms with van der Waals surface area (Å²) in [4.78, 5) is 34.2. The van der Waals surface area contributed by atoms with E-state index in [0.29, 0.717) is 30.8 Å². The molecular formula is C23H32ClFN4O3. The van der Waals surface area contributed by atoms with Gasteiger partial charge < -0.3 is 15.0 Å². The van der Waals surface area contributed by atoms with Gasteiger partial charge in [0, 0.05) is 32.1 Å². The molecule has 2 rings (SSSR count). The summed E-state index contributed by atoms with van der Waals surface area (Å²) in [6.45, 7) is 7.11. The Labute approximate surface area is 194 Å². The molecule has 0 radical (unpaired) electrons. The Bertz CT molecular complexity index is 872. The van der Waals surface area contributed by atoms with Gasteiger partial charge in [0.15, 0.2) is 5.78 Å². The smallest absolute Gasteiger partial charge is 0.410 e. The number of aromatic nitrogens is 2. The van der Waals surface area contributed by atoms with Gasteiger partial charge in [-0.1, -0.05) is 11.8 Å². The molecule has 1 aliphatic rings. The van der Waals surface area contributed by atoms with Crippen LogP contribution in [-0.2, 0) is 9.53 Å². The number of ether oxygens (including phenoxy) is 1. The molecule has 1 aromatic rings. The Kier molecular flexibility index (Phi) is 9.26. The summed E-state index contributed by atoms with van der Waals surface area (Å²) in [6.07, 6.45) is 3.47. The predicted molar refractivity (Wildman–Crippen MR) is 122 cm³/mol. The van der Waals surface area contributed by atoms with Crippen LogP contribution in [0.25, 0.3) is 0 Å². The van der Waals surface area contributed by atoms with Gasteiger partial charge >= 0.3 is 6.09 Å². The van der Waals surface area contributed by atoms with E-state index in [1.54, 1.807) is 40.9 Å². The highest BCUT2D eigenvalue weighted by Crippen LogP contribution is 2.36. The third-order valence-electron chi connectivity index (χ3n) is 5.23. The molecule has 176 valence electrons. The van der Waals surface area contributed by atoms with Gasteiger partial charge in [-0.15, -0.1) is 0 Å². The standard InChI is InChI=1S/C23H32ClFN4O3/c1-15(29(5)22(31)32-23(2,3)4)19(30)13-17-11-16(12-17)7-8-18-14-27-21(24)28-20(18)26-10-6-9-25/h14-17H,6,9-13H2,1-5H3,(H,26,27,28)/t15-,16?,17?/m0/s1. The van der Waals surface area contributed by atoms with E-state index in [-0.39, 0.29) is 22.9 Å². The number of halogens is 2. The number of Topliss-reactive ketones (excluding diaryl/α,β-unsaturated/α-hetero) is 1. The number of alkyl halides is 1. The van der Waals surface area contributed by atoms with E-state index in [4.69, 9.17) is 16.3 Å². The first-order valence-electron chi connectivity index (χ1n) is 10.8. The number of rotatable bonds is 8. The number of hydrogen-bond acceptors (Lipinski definition) is 6. The van der Waals surface area contributed by atoms with E-state index < -0.39 is 24.4 Å². The number of carbonyl (C=O) groups is 2. The molecule has 0 aliphatic heterocycles. The molecule has 0 aromatic carbocycles. The molecule has 7 nitrogen and oxygen atoms in total. The van der Waals surface area contributed by atoms with Crippen molar-refractivity contribution in [3.8, 4) is 11.8 Å². The van der Waals surface area contributed by atoms with Crippen molar-refractivity contribution < 1.29 is 18.7 Å². The van der Waals surface area contributed by atoms with Crippen molar-refractivity contribution in [2.75, 3.05) is 25.6 Å². The van der Waals surface area contributed by atoms with Crippen molar-refractivity contribution in [2.45, 2.75) is 65.0 Å². The maximum atomic E-state index is 12.6. The van der Waals surface area contributed by atoms with Gasteiger partial charge in [0.1, 0.15) is 11.4 Å². The summed E-state index contributed by atoms with van der Waals surface area (Å²) in [7, 11) is 1.58. The lowest BCUT2D eigenvalue weighted by molar-refractivity contribution is -0.125. The molecule has 0 bridgehead atoms. The predicted octanol–water partition coefficient (Wildman–Crippen LogP) is 4.49. The number of anilines is 1. The quantitative estimate of drug-likeness (QED) is 0.345. The second kappa shape index (κ2) is 11.5. The molecule has 1 heterocycles. The van der Waals surface area contributed by atoms with Gasteiger partial charge in [-0.05, 0) is 64.5 Å². The number of amides is 1. The molecule has 0 unspecified atom stereocenters. The van der Waals surface area contributed by atoms with Gasteiger partial charge in [0.2, 0.25) is 5.28 Å². The van der Waals surface area contributed by atoms with Crippen molar-refractivity contribution in [2.24, 2.45) is 11.8 Å². The Hall–Kier alpha value is -2.40. The first-order chi connectivity index (χ1) is 15.0. The second-order valence-corrected chi connectivity index (χ2v) is 9.45. The van der Waals surface area contributed by atoms with Crippen LogP contribution in [0.3, 0.4) is 0 Å². The molecule has 1 amide bonds. The molecule has 1 aromatic heterocycles. The Balaban J connectivity index is 1.85. The molecule has 32 heavy (non-hydrogen) atoms. The number of nitrogens with one attached hydrogen (secondary N) is 1. The zero-order valence-electron chi connectivity index (χ0n) is 19.4. The molecule has 1 atom stereocenters. The van der Waals surface area contributed by atoms with E-state index in [2.05, 4.69) is 27.1 Å². The molecule has 1 aliphatic carbocycles. The van der Waals surface area contributed by atoms with E-state index >= 15 is 0 Å². The summed E-state index contributed by atoms with van der Waals surface area (Å²) in [6, 6.07) is -0.542. The van der Waals surface area contributed by atoms with Crippen LogP contribution < -0.4 is 5.32 Å². The zero-order valence-corrected chi connectivity index (χ0v) is 20.1. The average molecular weight is 467 g/mol. The van der Waals surface area contributed by atoms with Crippen LogP contribution in [0.15, 0.2) is 6.20 Å². The summed E-state index contributed by atoms with van der Waals surface area (Å²) in [5, 5.41) is 3.13. The fraction of sp³-hybridized carbons (Fsp3) is 0.652. The Morgan fingerprint density at radius 1 is 1.41 bits per heavy atom. The van der Waals surface area contributed by atoms with E-state index in [1.165, 1.54) is 4.90 Å². The average Bonchev–Trinajstić information content (AvgIpc) is 2.68. The molecule has 1 N–H and O–H groups in total. The third-order valence-corrected chi connectivity index (χ3v) is 5.41. The molecule has 1 saturated carbocycles. The number of ketones is 1. The van der Waals surface area contributed by atoms with Gasteiger partial charge in [-0.25, -0.2) is 9.78 Å². The number of likely N-dealkylation sites (N-methyl/N-ethyl adjacent to an activating group) is 1. The van der Waals surface area contributed by atoms with Gasteiger partial charge in [0.25, 0.3) is 0 Å². The lowest BCUT2D eigenvalue weighted by atomic mass is 9.72. The highest BCUT2D eigenvalue weighted by molar-refractivity contribution is 6.28. The summed E-state index contributed by atoms with van der Waals surface area (Å²) < 4.78 is 17.7. The topological polar surface area (TPSA) is 84.4 Å². The lowest BCUT2D eigenvalue weighted by Gasteiger charge is -2.33. The minimum atomic E-state index is -0.605. The highest BCUT2D eigenvalue weighted by Gasteiger charge is 2.33. The molecule has 0 saturated heterocycles. The normalized spacial score (nSPS) is 18.6. The molecule has 1 fully saturated rings. The highest BCUT2D eigenvalue weighted by atomic mass is 35.5. The minimum Gasteiger partial charge on any atom is -0.444 e. The monoisotopic (exact) mass is 466 g/mol. The molecular weight excluding hydrogens is 435 g/mol. The van der Waals surface area contributed by atoms with Crippen molar-refractivity contribution in [1.82, 2.24) is 14.9 Å². The zero-order chi connectivity index (χ0) is 23.9. The van der Waals surface area contributed by atoms with Crippen molar-refractivity contribution in [3.63, 3.8) is 0 Å². The molecule has 9 heteroatoms. The van der Waals surface area contributed by atoms with Crippen LogP contribution in [0.4, 0.5) is 15.0 Å². The second-order valence-electron chi connectivity index (χ2n) is 9.11. The van der Waals surface area contributed by atoms with Crippen LogP contribution in [0, 0.1) is 23.7 Å². The van der Waals surface area contributed by atoms with E-state index in [0.717, 1.165) is 12.8 Å². The number of carbonyl (C=O) groups excluding carboxylic acids is 2. The maximum absolute atomic E-state index is 12.6. The SMILES string of the molecule is C[C@@H](C(=O)CC1CC(C#Cc2cnc(Cl)nc2NCCCF)C1)N(C)C(=O)OC(C)(C)C. The first-order valence-corrected chi connectivity index (χ1v) is 11.2. The summed E-state index contributed by atoms with van der Waals surface area (Å²) >= 11 is 5.85. The third kappa shape index (κ3) is 7.94. The van der Waals surface area contributed by atoms with Gasteiger partial charge in [-0.3, -0.25) is 9.18 Å². The van der Waals surface area contributed by atoms with E-state index in [9.17, 15) is 14.0 Å². The number of hydrogen-bond donors (Lipinski definition) is 1. The Morgan fingerprint density at radius 2 is 2.09 bits per heavy atom. The maximum Gasteiger partial charge on any atom is 0.410 e. The lowest BCUT2D eigenvalue weighted by Crippen LogP contribution is -2.44. The van der Waals surface area contributed by atoms with Gasteiger partial charge in [-0.2, -0.15) is 4.98 Å². The Morgan fingerprint density at radius 3 is 2.72 bits per heavy atom. The van der Waals surface area contributed by atoms with Crippen LogP contribution in [0.1, 0.15) is 58.9 Å². The van der Waals surface area contributed by atoms with Crippen LogP contribution in [0.5, 0.6) is 0 Å². The van der Waals surface area contributed by atoms with Crippen LogP contribution in [-0.4, -0.2) is 58.7 Å². The summed E-state index contributed by atoms with van der Waals surface area (Å²) in [5.41, 5.74) is 0.00605. The minimum absolute atomic E-state index is 0.0141. The van der Waals surface area contributed by atoms with Crippen molar-refractivity contribution in [3.05, 3.63) is 17.0 Å². The van der Waals surface area contributed by atoms with Crippen molar-refractivity contribution in [1.29, 1.82) is 0 Å². The first kappa shape index (κ1) is 25.9. The molecule has 0 spiro atoms.